The first-order valence-corrected chi connectivity index (χ1v) is 10.1. The minimum Gasteiger partial charge on any atom is -0.508 e. The van der Waals surface area contributed by atoms with E-state index in [4.69, 9.17) is 0 Å². The molecule has 0 amide bonds. The van der Waals surface area contributed by atoms with Gasteiger partial charge in [0.05, 0.1) is 0 Å². The molecule has 0 saturated carbocycles. The molecule has 0 aliphatic carbocycles. The molecule has 1 rings (SSSR count). The Morgan fingerprint density at radius 2 is 1.50 bits per heavy atom. The van der Waals surface area contributed by atoms with Crippen LogP contribution in [0.5, 0.6) is 5.75 Å². The summed E-state index contributed by atoms with van der Waals surface area (Å²) < 4.78 is 0. The van der Waals surface area contributed by atoms with E-state index in [1.807, 2.05) is 86.6 Å². The van der Waals surface area contributed by atoms with Crippen molar-refractivity contribution < 1.29 is 5.11 Å². The maximum Gasteiger partial charge on any atom is 0.119 e. The van der Waals surface area contributed by atoms with Gasteiger partial charge in [0.1, 0.15) is 5.75 Å². The molecule has 26 heavy (non-hydrogen) atoms. The third-order valence-corrected chi connectivity index (χ3v) is 2.80. The molecule has 0 aliphatic rings. The van der Waals surface area contributed by atoms with Gasteiger partial charge >= 0.3 is 0 Å². The first-order valence-electron chi connectivity index (χ1n) is 9.56. The fourth-order valence-electron chi connectivity index (χ4n) is 1.39. The van der Waals surface area contributed by atoms with Crippen LogP contribution in [-0.2, 0) is 6.42 Å². The maximum atomic E-state index is 9.80. The summed E-state index contributed by atoms with van der Waals surface area (Å²) in [4.78, 5) is 0. The molecule has 1 unspecified atom stereocenters. The average molecular weight is 384 g/mol. The van der Waals surface area contributed by atoms with Gasteiger partial charge in [-0.05, 0) is 50.0 Å². The summed E-state index contributed by atoms with van der Waals surface area (Å²) in [5, 5.41) is 12.8. The van der Waals surface area contributed by atoms with Crippen molar-refractivity contribution in [1.29, 1.82) is 0 Å². The van der Waals surface area contributed by atoms with E-state index < -0.39 is 0 Å². The van der Waals surface area contributed by atoms with E-state index in [-0.39, 0.29) is 0 Å². The second-order valence-electron chi connectivity index (χ2n) is 3.93. The highest BCUT2D eigenvalue weighted by Crippen LogP contribution is 2.23. The maximum absolute atomic E-state index is 9.80. The summed E-state index contributed by atoms with van der Waals surface area (Å²) in [5.74, 6) is 0.383. The third kappa shape index (κ3) is 22.6. The van der Waals surface area contributed by atoms with Crippen LogP contribution in [0.15, 0.2) is 50.1 Å². The van der Waals surface area contributed by atoms with Gasteiger partial charge in [-0.2, -0.15) is 0 Å². The lowest BCUT2D eigenvalue weighted by molar-refractivity contribution is 0.468. The molecule has 1 aromatic rings. The number of allylic oxidation sites excluding steroid dienone is 3. The van der Waals surface area contributed by atoms with Gasteiger partial charge in [-0.3, -0.25) is 0 Å². The monoisotopic (exact) mass is 383 g/mol. The largest absolute Gasteiger partial charge is 0.508 e. The van der Waals surface area contributed by atoms with E-state index in [1.165, 1.54) is 5.57 Å². The molecule has 0 radical (unpaired) electrons. The molecule has 3 heteroatoms. The SMILES string of the molecule is C/C=C(\C)c1ccc(CCNP)c(O)c1.C=C.C=CC.CC.CC.CC. The number of hydrogen-bond donors (Lipinski definition) is 2. The molecule has 0 aliphatic heterocycles. The van der Waals surface area contributed by atoms with Crippen molar-refractivity contribution in [2.45, 2.75) is 68.7 Å². The highest BCUT2D eigenvalue weighted by atomic mass is 31.0. The van der Waals surface area contributed by atoms with Gasteiger partial charge in [-0.15, -0.1) is 19.7 Å². The van der Waals surface area contributed by atoms with E-state index in [0.29, 0.717) is 5.75 Å². The molecule has 1 aromatic carbocycles. The minimum atomic E-state index is 0.383. The van der Waals surface area contributed by atoms with E-state index in [9.17, 15) is 5.11 Å². The molecule has 0 fully saturated rings. The van der Waals surface area contributed by atoms with Crippen LogP contribution in [0.1, 0.15) is 73.4 Å². The first-order chi connectivity index (χ1) is 12.6. The van der Waals surface area contributed by atoms with Crippen molar-refractivity contribution in [3.63, 3.8) is 0 Å². The Hall–Kier alpha value is -1.37. The summed E-state index contributed by atoms with van der Waals surface area (Å²) in [5.41, 5.74) is 3.25. The highest BCUT2D eigenvalue weighted by Gasteiger charge is 2.02. The summed E-state index contributed by atoms with van der Waals surface area (Å²) in [6.07, 6.45) is 4.63. The van der Waals surface area contributed by atoms with Crippen molar-refractivity contribution in [3.05, 3.63) is 61.2 Å². The Morgan fingerprint density at radius 3 is 1.81 bits per heavy atom. The van der Waals surface area contributed by atoms with Crippen LogP contribution in [0.4, 0.5) is 0 Å². The Morgan fingerprint density at radius 1 is 1.08 bits per heavy atom. The Balaban J connectivity index is -0.000000113. The zero-order chi connectivity index (χ0) is 22.0. The van der Waals surface area contributed by atoms with Crippen LogP contribution in [0.25, 0.3) is 5.57 Å². The molecule has 2 N–H and O–H groups in total. The number of rotatable bonds is 4. The molecule has 1 atom stereocenters. The number of phenols is 1. The van der Waals surface area contributed by atoms with Crippen LogP contribution < -0.4 is 5.09 Å². The number of benzene rings is 1. The van der Waals surface area contributed by atoms with Gasteiger partial charge in [0.2, 0.25) is 0 Å². The Bertz CT molecular complexity index is 415. The topological polar surface area (TPSA) is 32.3 Å². The van der Waals surface area contributed by atoms with Gasteiger partial charge in [-0.1, -0.05) is 75.2 Å². The van der Waals surface area contributed by atoms with Gasteiger partial charge in [-0.25, -0.2) is 0 Å². The predicted octanol–water partition coefficient (Wildman–Crippen LogP) is 7.81. The van der Waals surface area contributed by atoms with Gasteiger partial charge < -0.3 is 10.2 Å². The van der Waals surface area contributed by atoms with Gasteiger partial charge in [0, 0.05) is 6.54 Å². The van der Waals surface area contributed by atoms with E-state index in [1.54, 1.807) is 6.08 Å². The Kier molecular flexibility index (Phi) is 47.9. The molecule has 154 valence electrons. The lowest BCUT2D eigenvalue weighted by Gasteiger charge is -2.07. The predicted molar refractivity (Wildman–Crippen MR) is 130 cm³/mol. The molecular formula is C23H46NOP. The summed E-state index contributed by atoms with van der Waals surface area (Å²) >= 11 is 0. The molecule has 0 saturated heterocycles. The first kappa shape index (κ1) is 35.7. The zero-order valence-electron chi connectivity index (χ0n) is 18.9. The van der Waals surface area contributed by atoms with E-state index in [2.05, 4.69) is 34.2 Å². The molecule has 0 spiro atoms. The standard InChI is InChI=1S/C12H18NOP.C3H6.3C2H6.C2H4/c1-3-9(2)11-5-4-10(6-7-13-15)12(14)8-11;1-3-2;4*1-2/h3-5,8,13-14H,6-7,15H2,1-2H3;3H,1H2,2H3;3*1-2H3;1-2H2/b9-3+;;;;;. The van der Waals surface area contributed by atoms with Gasteiger partial charge in [0.25, 0.3) is 0 Å². The number of aromatic hydroxyl groups is 1. The van der Waals surface area contributed by atoms with E-state index in [0.717, 1.165) is 24.1 Å². The van der Waals surface area contributed by atoms with Crippen LogP contribution in [-0.4, -0.2) is 11.7 Å². The van der Waals surface area contributed by atoms with Crippen molar-refractivity contribution >= 4 is 15.0 Å². The number of hydrogen-bond acceptors (Lipinski definition) is 2. The molecular weight excluding hydrogens is 337 g/mol. The van der Waals surface area contributed by atoms with Crippen molar-refractivity contribution in [3.8, 4) is 5.75 Å². The fraction of sp³-hybridized carbons (Fsp3) is 0.478. The van der Waals surface area contributed by atoms with Gasteiger partial charge in [0.15, 0.2) is 0 Å². The molecule has 2 nitrogen and oxygen atoms in total. The second kappa shape index (κ2) is 34.9. The molecule has 0 heterocycles. The summed E-state index contributed by atoms with van der Waals surface area (Å²) in [6, 6.07) is 5.86. The van der Waals surface area contributed by atoms with Crippen molar-refractivity contribution in [1.82, 2.24) is 5.09 Å². The normalized spacial score (nSPS) is 8.15. The lowest BCUT2D eigenvalue weighted by atomic mass is 10.0. The number of nitrogens with one attached hydrogen (secondary N) is 1. The van der Waals surface area contributed by atoms with Crippen LogP contribution in [0.3, 0.4) is 0 Å². The van der Waals surface area contributed by atoms with E-state index >= 15 is 0 Å². The Labute approximate surface area is 167 Å². The van der Waals surface area contributed by atoms with Crippen molar-refractivity contribution in [2.75, 3.05) is 6.54 Å². The highest BCUT2D eigenvalue weighted by molar-refractivity contribution is 7.13. The lowest BCUT2D eigenvalue weighted by Crippen LogP contribution is -2.03. The molecule has 0 aromatic heterocycles. The third-order valence-electron chi connectivity index (χ3n) is 2.51. The minimum absolute atomic E-state index is 0.383. The van der Waals surface area contributed by atoms with Crippen molar-refractivity contribution in [2.24, 2.45) is 0 Å². The van der Waals surface area contributed by atoms with Crippen LogP contribution >= 0.6 is 9.39 Å². The smallest absolute Gasteiger partial charge is 0.119 e. The second-order valence-corrected chi connectivity index (χ2v) is 4.34. The van der Waals surface area contributed by atoms with Crippen LogP contribution in [0, 0.1) is 0 Å². The number of phenolic OH excluding ortho intramolecular Hbond substituents is 1. The molecule has 0 bridgehead atoms. The quantitative estimate of drug-likeness (QED) is 0.410. The zero-order valence-corrected chi connectivity index (χ0v) is 20.1. The summed E-state index contributed by atoms with van der Waals surface area (Å²) in [6.45, 7) is 28.1. The van der Waals surface area contributed by atoms with Crippen LogP contribution in [0.2, 0.25) is 0 Å². The fourth-order valence-corrected chi connectivity index (χ4v) is 1.54. The summed E-state index contributed by atoms with van der Waals surface area (Å²) in [7, 11) is 2.46. The average Bonchev–Trinajstić information content (AvgIpc) is 2.73.